The number of carbonyl (C=O) groups excluding carboxylic acids is 2. The molecular formula is C38H43F2NO7. The molecule has 7 rings (SSSR count). The van der Waals surface area contributed by atoms with Gasteiger partial charge in [-0.15, -0.1) is 0 Å². The minimum atomic E-state index is -2.29. The number of anilines is 1. The van der Waals surface area contributed by atoms with Gasteiger partial charge in [0, 0.05) is 36.4 Å². The molecule has 2 aromatic rings. The lowest BCUT2D eigenvalue weighted by molar-refractivity contribution is -0.235. The summed E-state index contributed by atoms with van der Waals surface area (Å²) in [6.07, 6.45) is -0.772. The number of benzene rings is 2. The van der Waals surface area contributed by atoms with E-state index in [1.165, 1.54) is 12.2 Å². The zero-order chi connectivity index (χ0) is 34.4. The predicted molar refractivity (Wildman–Crippen MR) is 174 cm³/mol. The van der Waals surface area contributed by atoms with Gasteiger partial charge >= 0.3 is 0 Å². The molecule has 10 heteroatoms. The SMILES string of the molecule is COc1cc(Cc2ccc([C@@H]3O[C@@H]4CC5C6C[C@H](F)C7=CC(=O)C=CC7(C)[C@@]6(F)C(O)CC5(C)C4(C(=O)CO)O3)cc2)ccc1N(C)C. The summed E-state index contributed by atoms with van der Waals surface area (Å²) in [6.45, 7) is 2.49. The fourth-order valence-electron chi connectivity index (χ4n) is 9.94. The number of allylic oxidation sites excluding steroid dienone is 4. The smallest absolute Gasteiger partial charge is 0.193 e. The summed E-state index contributed by atoms with van der Waals surface area (Å²) in [5.41, 5.74) is -2.87. The number of rotatable bonds is 7. The second-order valence-electron chi connectivity index (χ2n) is 14.8. The monoisotopic (exact) mass is 663 g/mol. The van der Waals surface area contributed by atoms with Crippen LogP contribution in [0.25, 0.3) is 0 Å². The van der Waals surface area contributed by atoms with E-state index >= 15 is 8.78 Å². The highest BCUT2D eigenvalue weighted by Gasteiger charge is 2.80. The van der Waals surface area contributed by atoms with Gasteiger partial charge in [-0.05, 0) is 79.5 Å². The molecule has 48 heavy (non-hydrogen) atoms. The molecule has 0 aromatic heterocycles. The average molecular weight is 664 g/mol. The van der Waals surface area contributed by atoms with Crippen molar-refractivity contribution in [1.29, 1.82) is 0 Å². The van der Waals surface area contributed by atoms with Crippen LogP contribution in [0.5, 0.6) is 5.75 Å². The zero-order valence-electron chi connectivity index (χ0n) is 27.9. The van der Waals surface area contributed by atoms with Gasteiger partial charge in [-0.3, -0.25) is 9.59 Å². The molecule has 8 nitrogen and oxygen atoms in total. The molecule has 2 aromatic carbocycles. The maximum atomic E-state index is 17.6. The Morgan fingerprint density at radius 2 is 1.79 bits per heavy atom. The molecule has 0 bridgehead atoms. The van der Waals surface area contributed by atoms with Gasteiger partial charge in [0.05, 0.1) is 25.0 Å². The van der Waals surface area contributed by atoms with Crippen LogP contribution in [0.4, 0.5) is 14.5 Å². The normalized spacial score (nSPS) is 39.6. The first-order valence-corrected chi connectivity index (χ1v) is 16.6. The highest BCUT2D eigenvalue weighted by atomic mass is 19.1. The summed E-state index contributed by atoms with van der Waals surface area (Å²) >= 11 is 0. The molecule has 0 amide bonds. The maximum absolute atomic E-state index is 17.6. The van der Waals surface area contributed by atoms with Crippen LogP contribution in [-0.2, 0) is 25.5 Å². The van der Waals surface area contributed by atoms with Crippen LogP contribution in [0.15, 0.2) is 66.3 Å². The van der Waals surface area contributed by atoms with Crippen molar-refractivity contribution >= 4 is 17.3 Å². The number of fused-ring (bicyclic) bond motifs is 7. The fraction of sp³-hybridized carbons (Fsp3) is 0.526. The van der Waals surface area contributed by atoms with Crippen molar-refractivity contribution in [2.24, 2.45) is 22.7 Å². The molecule has 4 fully saturated rings. The molecule has 1 heterocycles. The Bertz CT molecular complexity index is 1710. The summed E-state index contributed by atoms with van der Waals surface area (Å²) in [5, 5.41) is 21.9. The molecule has 0 radical (unpaired) electrons. The van der Waals surface area contributed by atoms with Crippen molar-refractivity contribution in [1.82, 2.24) is 0 Å². The number of alkyl halides is 2. The highest BCUT2D eigenvalue weighted by Crippen LogP contribution is 2.72. The lowest BCUT2D eigenvalue weighted by Gasteiger charge is -2.63. The van der Waals surface area contributed by atoms with Crippen molar-refractivity contribution in [3.63, 3.8) is 0 Å². The number of aliphatic hydroxyl groups excluding tert-OH is 2. The number of ether oxygens (including phenoxy) is 3. The van der Waals surface area contributed by atoms with E-state index < -0.39 is 76.8 Å². The van der Waals surface area contributed by atoms with Crippen molar-refractivity contribution < 1.29 is 42.8 Å². The predicted octanol–water partition coefficient (Wildman–Crippen LogP) is 4.99. The molecule has 3 saturated carbocycles. The summed E-state index contributed by atoms with van der Waals surface area (Å²) in [4.78, 5) is 27.9. The molecule has 4 aliphatic carbocycles. The lowest BCUT2D eigenvalue weighted by Crippen LogP contribution is -2.70. The van der Waals surface area contributed by atoms with E-state index in [1.807, 2.05) is 55.4 Å². The molecule has 0 spiro atoms. The molecular weight excluding hydrogens is 620 g/mol. The third kappa shape index (κ3) is 4.38. The first kappa shape index (κ1) is 33.1. The maximum Gasteiger partial charge on any atom is 0.193 e. The minimum Gasteiger partial charge on any atom is -0.495 e. The van der Waals surface area contributed by atoms with Crippen molar-refractivity contribution in [2.75, 3.05) is 32.7 Å². The standard InChI is InChI=1S/C38H43F2NO7/c1-35-13-12-24(43)16-27(35)28(39)17-26-25-18-33-38(32(45)20-42,36(25,2)19-31(44)37(26,35)40)48-34(47-33)23-9-6-21(7-10-23)14-22-8-11-29(41(3)4)30(15-22)46-5/h6-13,15-16,25-26,28,31,33-34,42,44H,14,17-20H2,1-5H3/t25?,26?,28-,31?,33+,34+,35?,36?,37-,38?/m0/s1. The van der Waals surface area contributed by atoms with Gasteiger partial charge < -0.3 is 29.3 Å². The summed E-state index contributed by atoms with van der Waals surface area (Å²) in [5.74, 6) is -1.83. The molecule has 2 N–H and O–H groups in total. The second-order valence-corrected chi connectivity index (χ2v) is 14.8. The van der Waals surface area contributed by atoms with Crippen LogP contribution >= 0.6 is 0 Å². The number of methoxy groups -OCH3 is 1. The Labute approximate surface area is 279 Å². The van der Waals surface area contributed by atoms with Gasteiger partial charge in [0.15, 0.2) is 29.1 Å². The molecule has 1 aliphatic heterocycles. The number of Topliss-reactive ketones (excluding diaryl/α,β-unsaturated/α-hetero) is 1. The number of hydrogen-bond acceptors (Lipinski definition) is 8. The van der Waals surface area contributed by atoms with Crippen LogP contribution in [0.3, 0.4) is 0 Å². The van der Waals surface area contributed by atoms with Gasteiger partial charge in [0.2, 0.25) is 0 Å². The zero-order valence-corrected chi connectivity index (χ0v) is 27.9. The Morgan fingerprint density at radius 1 is 1.08 bits per heavy atom. The number of nitrogens with zero attached hydrogens (tertiary/aromatic N) is 1. The number of aliphatic hydroxyl groups is 2. The third-order valence-corrected chi connectivity index (χ3v) is 12.3. The molecule has 1 saturated heterocycles. The van der Waals surface area contributed by atoms with E-state index in [-0.39, 0.29) is 24.8 Å². The number of hydrogen-bond donors (Lipinski definition) is 2. The molecule has 256 valence electrons. The Balaban J connectivity index is 1.17. The summed E-state index contributed by atoms with van der Waals surface area (Å²) in [6, 6.07) is 13.8. The van der Waals surface area contributed by atoms with Gasteiger partial charge in [-0.2, -0.15) is 0 Å². The highest BCUT2D eigenvalue weighted by molar-refractivity contribution is 6.01. The first-order chi connectivity index (χ1) is 22.7. The Kier molecular flexibility index (Phi) is 7.79. The van der Waals surface area contributed by atoms with E-state index in [2.05, 4.69) is 6.07 Å². The molecule has 5 aliphatic rings. The lowest BCUT2D eigenvalue weighted by atomic mass is 9.44. The van der Waals surface area contributed by atoms with E-state index in [0.717, 1.165) is 28.6 Å². The Morgan fingerprint density at radius 3 is 2.46 bits per heavy atom. The minimum absolute atomic E-state index is 0.0384. The summed E-state index contributed by atoms with van der Waals surface area (Å²) < 4.78 is 52.1. The van der Waals surface area contributed by atoms with Crippen LogP contribution in [0, 0.1) is 22.7 Å². The second kappa shape index (κ2) is 11.3. The number of carbonyl (C=O) groups is 2. The molecule has 6 unspecified atom stereocenters. The quantitative estimate of drug-likeness (QED) is 0.427. The van der Waals surface area contributed by atoms with Gasteiger partial charge in [-0.1, -0.05) is 43.3 Å². The summed E-state index contributed by atoms with van der Waals surface area (Å²) in [7, 11) is 5.57. The van der Waals surface area contributed by atoms with E-state index in [9.17, 15) is 19.8 Å². The Hall–Kier alpha value is -3.44. The third-order valence-electron chi connectivity index (χ3n) is 12.3. The van der Waals surface area contributed by atoms with Gasteiger partial charge in [0.1, 0.15) is 18.5 Å². The van der Waals surface area contributed by atoms with Crippen molar-refractivity contribution in [2.45, 2.75) is 75.5 Å². The van der Waals surface area contributed by atoms with Crippen molar-refractivity contribution in [3.8, 4) is 5.75 Å². The van der Waals surface area contributed by atoms with E-state index in [1.54, 1.807) is 21.0 Å². The average Bonchev–Trinajstić information content (AvgIpc) is 3.56. The number of ketones is 2. The first-order valence-electron chi connectivity index (χ1n) is 16.6. The number of halogens is 2. The van der Waals surface area contributed by atoms with Crippen LogP contribution in [-0.4, -0.2) is 79.2 Å². The van der Waals surface area contributed by atoms with Crippen molar-refractivity contribution in [3.05, 3.63) is 83.0 Å². The topological polar surface area (TPSA) is 106 Å². The van der Waals surface area contributed by atoms with E-state index in [4.69, 9.17) is 14.2 Å². The van der Waals surface area contributed by atoms with E-state index in [0.29, 0.717) is 12.0 Å². The van der Waals surface area contributed by atoms with Crippen LogP contribution in [0.2, 0.25) is 0 Å². The largest absolute Gasteiger partial charge is 0.495 e. The fourth-order valence-corrected chi connectivity index (χ4v) is 9.94. The van der Waals surface area contributed by atoms with Gasteiger partial charge in [0.25, 0.3) is 0 Å². The van der Waals surface area contributed by atoms with Gasteiger partial charge in [-0.25, -0.2) is 8.78 Å². The van der Waals surface area contributed by atoms with Crippen LogP contribution in [0.1, 0.15) is 56.1 Å². The van der Waals surface area contributed by atoms with Crippen LogP contribution < -0.4 is 9.64 Å². The molecule has 10 atom stereocenters.